The first-order valence-electron chi connectivity index (χ1n) is 3.30. The van der Waals surface area contributed by atoms with Crippen LogP contribution < -0.4 is 16.2 Å². The van der Waals surface area contributed by atoms with Crippen molar-refractivity contribution in [1.82, 2.24) is 4.98 Å². The Hall–Kier alpha value is -1.86. The number of ether oxygens (including phenoxy) is 1. The second kappa shape index (κ2) is 3.13. The highest BCUT2D eigenvalue weighted by Crippen LogP contribution is 2.35. The molecule has 0 aliphatic heterocycles. The lowest BCUT2D eigenvalue weighted by Crippen LogP contribution is -2.17. The normalized spacial score (nSPS) is 11.4. The molecule has 0 unspecified atom stereocenters. The molecule has 0 aliphatic rings. The maximum Gasteiger partial charge on any atom is 0.573 e. The van der Waals surface area contributed by atoms with E-state index in [4.69, 9.17) is 16.6 Å². The molecule has 0 amide bonds. The molecule has 0 aliphatic carbocycles. The summed E-state index contributed by atoms with van der Waals surface area (Å²) in [5.74, 6) is -2.57. The maximum absolute atomic E-state index is 11.7. The van der Waals surface area contributed by atoms with Gasteiger partial charge in [0.25, 0.3) is 0 Å². The van der Waals surface area contributed by atoms with Crippen LogP contribution in [0.4, 0.5) is 24.8 Å². The fourth-order valence-electron chi connectivity index (χ4n) is 0.756. The molecule has 0 saturated carbocycles. The molecule has 8 heteroatoms. The van der Waals surface area contributed by atoms with Gasteiger partial charge in [0.15, 0.2) is 11.6 Å². The quantitative estimate of drug-likeness (QED) is 0.637. The zero-order chi connectivity index (χ0) is 10.9. The number of nitrogens with two attached hydrogens (primary N) is 2. The number of halogens is 3. The van der Waals surface area contributed by atoms with E-state index in [2.05, 4.69) is 9.72 Å². The van der Waals surface area contributed by atoms with Crippen LogP contribution in [-0.4, -0.2) is 16.5 Å². The molecule has 1 aromatic rings. The predicted molar refractivity (Wildman–Crippen MR) is 41.4 cm³/mol. The first-order chi connectivity index (χ1) is 6.29. The summed E-state index contributed by atoms with van der Waals surface area (Å²) >= 11 is 0. The Bertz CT molecular complexity index is 353. The Morgan fingerprint density at radius 2 is 1.93 bits per heavy atom. The minimum Gasteiger partial charge on any atom is -0.502 e. The van der Waals surface area contributed by atoms with E-state index in [-0.39, 0.29) is 5.82 Å². The highest BCUT2D eigenvalue weighted by atomic mass is 19.4. The Morgan fingerprint density at radius 3 is 2.43 bits per heavy atom. The molecule has 0 atom stereocenters. The summed E-state index contributed by atoms with van der Waals surface area (Å²) in [6.45, 7) is 0. The molecule has 0 saturated heterocycles. The van der Waals surface area contributed by atoms with Gasteiger partial charge in [0, 0.05) is 6.07 Å². The zero-order valence-electron chi connectivity index (χ0n) is 6.67. The van der Waals surface area contributed by atoms with Crippen LogP contribution in [0.15, 0.2) is 6.07 Å². The van der Waals surface area contributed by atoms with Gasteiger partial charge >= 0.3 is 6.36 Å². The van der Waals surface area contributed by atoms with Gasteiger partial charge in [-0.25, -0.2) is 4.98 Å². The summed E-state index contributed by atoms with van der Waals surface area (Å²) in [6.07, 6.45) is -4.92. The van der Waals surface area contributed by atoms with Crippen molar-refractivity contribution in [3.05, 3.63) is 6.07 Å². The van der Waals surface area contributed by atoms with E-state index >= 15 is 0 Å². The topological polar surface area (TPSA) is 94.4 Å². The van der Waals surface area contributed by atoms with Gasteiger partial charge < -0.3 is 21.3 Å². The minimum absolute atomic E-state index is 0.278. The number of alkyl halides is 3. The van der Waals surface area contributed by atoms with Gasteiger partial charge in [0.2, 0.25) is 5.75 Å². The molecule has 1 heterocycles. The van der Waals surface area contributed by atoms with E-state index in [1.54, 1.807) is 0 Å². The third kappa shape index (κ3) is 2.31. The van der Waals surface area contributed by atoms with Crippen molar-refractivity contribution < 1.29 is 23.0 Å². The van der Waals surface area contributed by atoms with Crippen LogP contribution in [0.2, 0.25) is 0 Å². The molecule has 0 fully saturated rings. The third-order valence-electron chi connectivity index (χ3n) is 1.23. The molecule has 78 valence electrons. The van der Waals surface area contributed by atoms with E-state index in [9.17, 15) is 13.2 Å². The van der Waals surface area contributed by atoms with Crippen molar-refractivity contribution in [2.24, 2.45) is 0 Å². The molecule has 0 spiro atoms. The summed E-state index contributed by atoms with van der Waals surface area (Å²) in [5, 5.41) is 9.02. The van der Waals surface area contributed by atoms with Crippen LogP contribution in [0.5, 0.6) is 11.5 Å². The van der Waals surface area contributed by atoms with Gasteiger partial charge in [-0.05, 0) is 0 Å². The number of nitrogens with zero attached hydrogens (tertiary/aromatic N) is 1. The van der Waals surface area contributed by atoms with Gasteiger partial charge in [-0.15, -0.1) is 13.2 Å². The summed E-state index contributed by atoms with van der Waals surface area (Å²) in [4.78, 5) is 3.32. The number of pyridine rings is 1. The van der Waals surface area contributed by atoms with E-state index in [0.717, 1.165) is 6.07 Å². The molecule has 0 aromatic carbocycles. The third-order valence-corrected chi connectivity index (χ3v) is 1.23. The average molecular weight is 209 g/mol. The molecule has 0 radical (unpaired) electrons. The smallest absolute Gasteiger partial charge is 0.502 e. The van der Waals surface area contributed by atoms with Crippen molar-refractivity contribution >= 4 is 11.6 Å². The summed E-state index contributed by atoms with van der Waals surface area (Å²) in [7, 11) is 0. The molecule has 14 heavy (non-hydrogen) atoms. The highest BCUT2D eigenvalue weighted by Gasteiger charge is 2.33. The van der Waals surface area contributed by atoms with Crippen molar-refractivity contribution in [1.29, 1.82) is 0 Å². The fraction of sp³-hybridized carbons (Fsp3) is 0.167. The van der Waals surface area contributed by atoms with Crippen molar-refractivity contribution in [3.63, 3.8) is 0 Å². The lowest BCUT2D eigenvalue weighted by molar-refractivity contribution is -0.275. The number of aromatic nitrogens is 1. The van der Waals surface area contributed by atoms with E-state index in [1.165, 1.54) is 0 Å². The van der Waals surface area contributed by atoms with Crippen molar-refractivity contribution in [2.45, 2.75) is 6.36 Å². The Kier molecular flexibility index (Phi) is 2.28. The van der Waals surface area contributed by atoms with E-state index < -0.39 is 23.7 Å². The first kappa shape index (κ1) is 10.2. The largest absolute Gasteiger partial charge is 0.573 e. The van der Waals surface area contributed by atoms with Crippen molar-refractivity contribution in [3.8, 4) is 11.5 Å². The van der Waals surface area contributed by atoms with Crippen LogP contribution in [0.3, 0.4) is 0 Å². The lowest BCUT2D eigenvalue weighted by Gasteiger charge is -2.11. The SMILES string of the molecule is Nc1cc(OC(F)(F)F)c(O)c(N)n1. The van der Waals surface area contributed by atoms with Crippen LogP contribution in [0.25, 0.3) is 0 Å². The van der Waals surface area contributed by atoms with Crippen molar-refractivity contribution in [2.75, 3.05) is 11.5 Å². The van der Waals surface area contributed by atoms with Gasteiger partial charge in [-0.2, -0.15) is 0 Å². The first-order valence-corrected chi connectivity index (χ1v) is 3.30. The average Bonchev–Trinajstić information content (AvgIpc) is 1.96. The minimum atomic E-state index is -4.92. The molecule has 5 nitrogen and oxygen atoms in total. The van der Waals surface area contributed by atoms with E-state index in [1.807, 2.05) is 0 Å². The molecule has 1 aromatic heterocycles. The summed E-state index contributed by atoms with van der Waals surface area (Å²) in [6, 6.07) is 0.721. The predicted octanol–water partition coefficient (Wildman–Crippen LogP) is 0.850. The van der Waals surface area contributed by atoms with Crippen LogP contribution in [0, 0.1) is 0 Å². The van der Waals surface area contributed by atoms with Crippen LogP contribution in [-0.2, 0) is 0 Å². The number of aromatic hydroxyl groups is 1. The molecule has 1 rings (SSSR count). The van der Waals surface area contributed by atoms with Gasteiger partial charge in [0.05, 0.1) is 0 Å². The zero-order valence-corrected chi connectivity index (χ0v) is 6.67. The Morgan fingerprint density at radius 1 is 1.36 bits per heavy atom. The summed E-state index contributed by atoms with van der Waals surface area (Å²) in [5.41, 5.74) is 10.1. The van der Waals surface area contributed by atoms with Gasteiger partial charge in [-0.1, -0.05) is 0 Å². The maximum atomic E-state index is 11.7. The molecular formula is C6H6F3N3O2. The molecule has 5 N–H and O–H groups in total. The number of hydrogen-bond acceptors (Lipinski definition) is 5. The van der Waals surface area contributed by atoms with E-state index in [0.29, 0.717) is 0 Å². The van der Waals surface area contributed by atoms with Crippen LogP contribution >= 0.6 is 0 Å². The standard InChI is InChI=1S/C6H6F3N3O2/c7-6(8,9)14-2-1-3(10)12-5(11)4(2)13/h1,13H,(H4,10,11,12). The Labute approximate surface area is 76.1 Å². The second-order valence-corrected chi connectivity index (χ2v) is 2.33. The number of anilines is 2. The van der Waals surface area contributed by atoms with Crippen LogP contribution in [0.1, 0.15) is 0 Å². The number of rotatable bonds is 1. The summed E-state index contributed by atoms with van der Waals surface area (Å²) < 4.78 is 38.7. The molecular weight excluding hydrogens is 203 g/mol. The number of nitrogen functional groups attached to an aromatic ring is 2. The second-order valence-electron chi connectivity index (χ2n) is 2.33. The Balaban J connectivity index is 3.09. The van der Waals surface area contributed by atoms with Gasteiger partial charge in [0.1, 0.15) is 5.82 Å². The lowest BCUT2D eigenvalue weighted by atomic mass is 10.4. The number of hydrogen-bond donors (Lipinski definition) is 3. The monoisotopic (exact) mass is 209 g/mol. The molecule has 0 bridgehead atoms. The highest BCUT2D eigenvalue weighted by molar-refractivity contribution is 5.59. The fourth-order valence-corrected chi connectivity index (χ4v) is 0.756. The van der Waals surface area contributed by atoms with Gasteiger partial charge in [-0.3, -0.25) is 0 Å².